The molecule has 0 radical (unpaired) electrons. The van der Waals surface area contributed by atoms with Crippen molar-refractivity contribution in [3.63, 3.8) is 0 Å². The van der Waals surface area contributed by atoms with Crippen molar-refractivity contribution in [2.24, 2.45) is 10.9 Å². The fourth-order valence-electron chi connectivity index (χ4n) is 3.31. The number of para-hydroxylation sites is 2. The Morgan fingerprint density at radius 2 is 1.35 bits per heavy atom. The van der Waals surface area contributed by atoms with Crippen LogP contribution in [0.3, 0.4) is 0 Å². The van der Waals surface area contributed by atoms with Crippen molar-refractivity contribution in [1.29, 1.82) is 0 Å². The van der Waals surface area contributed by atoms with E-state index in [0.29, 0.717) is 25.0 Å². The van der Waals surface area contributed by atoms with Gasteiger partial charge in [0.1, 0.15) is 0 Å². The Kier molecular flexibility index (Phi) is 8.90. The highest BCUT2D eigenvalue weighted by atomic mass is 16.7. The molecule has 3 rings (SSSR count). The van der Waals surface area contributed by atoms with Gasteiger partial charge in [0.2, 0.25) is 23.6 Å². The summed E-state index contributed by atoms with van der Waals surface area (Å²) >= 11 is 0. The Morgan fingerprint density at radius 1 is 0.853 bits per heavy atom. The van der Waals surface area contributed by atoms with Crippen molar-refractivity contribution in [2.75, 3.05) is 22.9 Å². The van der Waals surface area contributed by atoms with E-state index < -0.39 is 5.97 Å². The van der Waals surface area contributed by atoms with Crippen LogP contribution < -0.4 is 15.5 Å². The lowest BCUT2D eigenvalue weighted by Gasteiger charge is -2.25. The number of carbonyl (C=O) groups is 1. The summed E-state index contributed by atoms with van der Waals surface area (Å²) in [4.78, 5) is 34.7. The van der Waals surface area contributed by atoms with Gasteiger partial charge in [-0.05, 0) is 44.5 Å². The van der Waals surface area contributed by atoms with Crippen LogP contribution in [0.2, 0.25) is 0 Å². The Bertz CT molecular complexity index is 1030. The van der Waals surface area contributed by atoms with Gasteiger partial charge in [-0.15, -0.1) is 0 Å². The number of carbonyl (C=O) groups excluding carboxylic acids is 1. The molecule has 0 aliphatic heterocycles. The van der Waals surface area contributed by atoms with Gasteiger partial charge in [-0.3, -0.25) is 0 Å². The molecule has 0 unspecified atom stereocenters. The Balaban J connectivity index is 2.05. The molecule has 178 valence electrons. The molecule has 0 bridgehead atoms. The van der Waals surface area contributed by atoms with E-state index in [9.17, 15) is 4.79 Å². The van der Waals surface area contributed by atoms with Gasteiger partial charge in [0, 0.05) is 30.9 Å². The van der Waals surface area contributed by atoms with E-state index in [-0.39, 0.29) is 18.1 Å². The predicted molar refractivity (Wildman–Crippen MR) is 134 cm³/mol. The maximum atomic E-state index is 11.9. The number of unbranched alkanes of at least 4 members (excludes halogenated alkanes) is 1. The fourth-order valence-corrected chi connectivity index (χ4v) is 3.31. The van der Waals surface area contributed by atoms with E-state index in [2.05, 4.69) is 15.1 Å². The molecule has 0 atom stereocenters. The number of aromatic nitrogens is 3. The first-order valence-corrected chi connectivity index (χ1v) is 11.5. The average molecular weight is 462 g/mol. The molecule has 34 heavy (non-hydrogen) atoms. The van der Waals surface area contributed by atoms with Gasteiger partial charge in [0.05, 0.1) is 0 Å². The number of nitrogens with zero attached hydrogens (tertiary/aromatic N) is 6. The van der Waals surface area contributed by atoms with Crippen LogP contribution in [0.5, 0.6) is 0 Å². The lowest BCUT2D eigenvalue weighted by Crippen LogP contribution is -2.27. The van der Waals surface area contributed by atoms with Crippen LogP contribution in [-0.2, 0) is 9.63 Å². The van der Waals surface area contributed by atoms with Gasteiger partial charge < -0.3 is 20.4 Å². The number of hydrogen-bond donors (Lipinski definition) is 1. The van der Waals surface area contributed by atoms with Gasteiger partial charge in [-0.1, -0.05) is 54.9 Å². The first-order chi connectivity index (χ1) is 16.6. The highest BCUT2D eigenvalue weighted by Gasteiger charge is 2.20. The molecule has 2 aromatic carbocycles. The second-order valence-corrected chi connectivity index (χ2v) is 7.46. The van der Waals surface area contributed by atoms with Crippen LogP contribution in [0.15, 0.2) is 65.8 Å². The normalized spacial score (nSPS) is 11.2. The van der Waals surface area contributed by atoms with Gasteiger partial charge in [-0.25, -0.2) is 4.79 Å². The summed E-state index contributed by atoms with van der Waals surface area (Å²) in [6.07, 6.45) is 1.88. The van der Waals surface area contributed by atoms with E-state index in [4.69, 9.17) is 15.6 Å². The summed E-state index contributed by atoms with van der Waals surface area (Å²) in [5.74, 6) is 0.422. The topological polar surface area (TPSA) is 110 Å². The zero-order valence-electron chi connectivity index (χ0n) is 19.9. The van der Waals surface area contributed by atoms with Crippen molar-refractivity contribution in [3.05, 3.63) is 66.5 Å². The lowest BCUT2D eigenvalue weighted by molar-refractivity contribution is -0.143. The zero-order valence-corrected chi connectivity index (χ0v) is 19.9. The molecule has 3 aromatic rings. The predicted octanol–water partition coefficient (Wildman–Crippen LogP) is 4.54. The summed E-state index contributed by atoms with van der Waals surface area (Å²) in [6.45, 7) is 7.26. The molecule has 0 saturated carbocycles. The molecule has 0 fully saturated rings. The van der Waals surface area contributed by atoms with Crippen molar-refractivity contribution >= 4 is 35.1 Å². The number of benzene rings is 2. The second kappa shape index (κ2) is 12.3. The molecule has 0 spiro atoms. The minimum atomic E-state index is -0.446. The number of amidine groups is 1. The molecular weight excluding hydrogens is 430 g/mol. The molecule has 0 saturated heterocycles. The minimum Gasteiger partial charge on any atom is -0.378 e. The molecule has 9 heteroatoms. The van der Waals surface area contributed by atoms with E-state index in [1.165, 1.54) is 0 Å². The summed E-state index contributed by atoms with van der Waals surface area (Å²) < 4.78 is 0. The van der Waals surface area contributed by atoms with Gasteiger partial charge in [0.25, 0.3) is 0 Å². The maximum Gasteiger partial charge on any atom is 0.335 e. The number of rotatable bonds is 11. The third kappa shape index (κ3) is 6.28. The molecule has 9 nitrogen and oxygen atoms in total. The van der Waals surface area contributed by atoms with E-state index in [0.717, 1.165) is 24.2 Å². The first kappa shape index (κ1) is 24.6. The van der Waals surface area contributed by atoms with Gasteiger partial charge >= 0.3 is 5.97 Å². The lowest BCUT2D eigenvalue weighted by atomic mass is 10.3. The van der Waals surface area contributed by atoms with Crippen molar-refractivity contribution < 1.29 is 9.63 Å². The zero-order chi connectivity index (χ0) is 24.3. The molecule has 1 aromatic heterocycles. The Labute approximate surface area is 200 Å². The summed E-state index contributed by atoms with van der Waals surface area (Å²) in [6, 6.07) is 19.6. The monoisotopic (exact) mass is 461 g/mol. The number of oxime groups is 1. The van der Waals surface area contributed by atoms with E-state index in [1.807, 2.05) is 91.2 Å². The van der Waals surface area contributed by atoms with Crippen LogP contribution in [0.1, 0.15) is 45.9 Å². The van der Waals surface area contributed by atoms with Crippen molar-refractivity contribution in [2.45, 2.75) is 40.0 Å². The van der Waals surface area contributed by atoms with Crippen LogP contribution in [0.4, 0.5) is 23.3 Å². The smallest absolute Gasteiger partial charge is 0.335 e. The number of anilines is 4. The number of nitrogens with two attached hydrogens (primary N) is 1. The molecule has 0 amide bonds. The third-order valence-electron chi connectivity index (χ3n) is 5.07. The van der Waals surface area contributed by atoms with Crippen LogP contribution in [0, 0.1) is 0 Å². The third-order valence-corrected chi connectivity index (χ3v) is 5.07. The summed E-state index contributed by atoms with van der Waals surface area (Å²) in [7, 11) is 0. The fraction of sp³-hybridized carbons (Fsp3) is 0.320. The number of hydrogen-bond acceptors (Lipinski definition) is 8. The van der Waals surface area contributed by atoms with Gasteiger partial charge in [0.15, 0.2) is 0 Å². The standard InChI is InChI=1S/C25H31N7O2/c1-4-7-18-21(33)34-30-22(26)23-27-24(31(5-2)19-14-10-8-11-15-19)29-25(28-23)32(6-3)20-16-12-9-13-17-20/h8-17H,4-7,18H2,1-3H3,(H2,26,30). The molecular formula is C25H31N7O2. The van der Waals surface area contributed by atoms with Crippen LogP contribution >= 0.6 is 0 Å². The average Bonchev–Trinajstić information content (AvgIpc) is 2.88. The Morgan fingerprint density at radius 3 is 1.79 bits per heavy atom. The Hall–Kier alpha value is -4.01. The highest BCUT2D eigenvalue weighted by molar-refractivity contribution is 5.94. The molecule has 1 heterocycles. The maximum absolute atomic E-state index is 11.9. The molecule has 0 aliphatic carbocycles. The SMILES string of the molecule is CCCCC(=O)O/N=C(\N)c1nc(N(CC)c2ccccc2)nc(N(CC)c2ccccc2)n1. The summed E-state index contributed by atoms with van der Waals surface area (Å²) in [5.41, 5.74) is 8.01. The minimum absolute atomic E-state index is 0.0945. The van der Waals surface area contributed by atoms with Crippen molar-refractivity contribution in [3.8, 4) is 0 Å². The van der Waals surface area contributed by atoms with Crippen LogP contribution in [-0.4, -0.2) is 39.8 Å². The van der Waals surface area contributed by atoms with E-state index in [1.54, 1.807) is 0 Å². The largest absolute Gasteiger partial charge is 0.378 e. The van der Waals surface area contributed by atoms with Gasteiger partial charge in [-0.2, -0.15) is 15.0 Å². The van der Waals surface area contributed by atoms with Crippen LogP contribution in [0.25, 0.3) is 0 Å². The quantitative estimate of drug-likeness (QED) is 0.192. The molecule has 2 N–H and O–H groups in total. The first-order valence-electron chi connectivity index (χ1n) is 11.5. The van der Waals surface area contributed by atoms with Crippen molar-refractivity contribution in [1.82, 2.24) is 15.0 Å². The highest BCUT2D eigenvalue weighted by Crippen LogP contribution is 2.26. The molecule has 0 aliphatic rings. The van der Waals surface area contributed by atoms with E-state index >= 15 is 0 Å². The second-order valence-electron chi connectivity index (χ2n) is 7.46. The summed E-state index contributed by atoms with van der Waals surface area (Å²) in [5, 5.41) is 3.80.